The van der Waals surface area contributed by atoms with Crippen LogP contribution in [0.2, 0.25) is 0 Å². The SMILES string of the molecule is Cc1nn2c(NCCC3C=CCCC3)cc(C(C)(C)C)nc2c1-c1ccc(F)cc1. The van der Waals surface area contributed by atoms with E-state index in [-0.39, 0.29) is 11.2 Å². The molecule has 1 aromatic carbocycles. The maximum atomic E-state index is 13.5. The van der Waals surface area contributed by atoms with Gasteiger partial charge in [-0.15, -0.1) is 0 Å². The van der Waals surface area contributed by atoms with Gasteiger partial charge in [-0.3, -0.25) is 0 Å². The standard InChI is InChI=1S/C25H31FN4/c1-17-23(19-10-12-20(26)13-11-19)24-28-21(25(2,3)4)16-22(30(24)29-17)27-15-14-18-8-6-5-7-9-18/h6,8,10-13,16,18,27H,5,7,9,14-15H2,1-4H3. The van der Waals surface area contributed by atoms with E-state index in [9.17, 15) is 4.39 Å². The predicted molar refractivity (Wildman–Crippen MR) is 121 cm³/mol. The Kier molecular flexibility index (Phi) is 5.63. The number of hydrogen-bond acceptors (Lipinski definition) is 3. The Morgan fingerprint density at radius 2 is 1.97 bits per heavy atom. The first kappa shape index (κ1) is 20.6. The summed E-state index contributed by atoms with van der Waals surface area (Å²) in [4.78, 5) is 4.98. The van der Waals surface area contributed by atoms with E-state index in [1.54, 1.807) is 12.1 Å². The molecule has 0 saturated carbocycles. The Morgan fingerprint density at radius 3 is 2.63 bits per heavy atom. The second-order valence-corrected chi connectivity index (χ2v) is 9.31. The molecule has 5 heteroatoms. The van der Waals surface area contributed by atoms with Gasteiger partial charge >= 0.3 is 0 Å². The van der Waals surface area contributed by atoms with Crippen LogP contribution in [0.15, 0.2) is 42.5 Å². The third-order valence-electron chi connectivity index (χ3n) is 5.84. The van der Waals surface area contributed by atoms with Crippen LogP contribution < -0.4 is 5.32 Å². The van der Waals surface area contributed by atoms with Gasteiger partial charge in [0.05, 0.1) is 11.4 Å². The zero-order valence-corrected chi connectivity index (χ0v) is 18.4. The van der Waals surface area contributed by atoms with Crippen LogP contribution >= 0.6 is 0 Å². The van der Waals surface area contributed by atoms with Crippen molar-refractivity contribution in [1.82, 2.24) is 14.6 Å². The summed E-state index contributed by atoms with van der Waals surface area (Å²) in [7, 11) is 0. The van der Waals surface area contributed by atoms with Crippen molar-refractivity contribution in [3.05, 3.63) is 59.7 Å². The molecule has 2 heterocycles. The molecular formula is C25H31FN4. The minimum absolute atomic E-state index is 0.0947. The Balaban J connectivity index is 1.73. The lowest BCUT2D eigenvalue weighted by atomic mass is 9.91. The summed E-state index contributed by atoms with van der Waals surface area (Å²) in [6, 6.07) is 8.69. The van der Waals surface area contributed by atoms with Gasteiger partial charge in [-0.25, -0.2) is 9.37 Å². The number of anilines is 1. The van der Waals surface area contributed by atoms with Gasteiger partial charge in [-0.1, -0.05) is 45.1 Å². The molecule has 1 atom stereocenters. The Hall–Kier alpha value is -2.69. The molecule has 0 saturated heterocycles. The number of halogens is 1. The van der Waals surface area contributed by atoms with E-state index in [1.165, 1.54) is 31.4 Å². The molecule has 4 rings (SSSR count). The molecule has 3 aromatic rings. The van der Waals surface area contributed by atoms with Crippen molar-refractivity contribution in [1.29, 1.82) is 0 Å². The highest BCUT2D eigenvalue weighted by atomic mass is 19.1. The third-order valence-corrected chi connectivity index (χ3v) is 5.84. The van der Waals surface area contributed by atoms with Gasteiger partial charge in [-0.05, 0) is 56.2 Å². The van der Waals surface area contributed by atoms with E-state index in [1.807, 2.05) is 11.4 Å². The molecule has 0 radical (unpaired) electrons. The maximum absolute atomic E-state index is 13.5. The molecule has 1 N–H and O–H groups in total. The van der Waals surface area contributed by atoms with Gasteiger partial charge in [0.2, 0.25) is 0 Å². The van der Waals surface area contributed by atoms with E-state index in [0.717, 1.165) is 46.9 Å². The summed E-state index contributed by atoms with van der Waals surface area (Å²) >= 11 is 0. The van der Waals surface area contributed by atoms with Crippen LogP contribution in [0.5, 0.6) is 0 Å². The highest BCUT2D eigenvalue weighted by Gasteiger charge is 2.22. The second-order valence-electron chi connectivity index (χ2n) is 9.31. The summed E-state index contributed by atoms with van der Waals surface area (Å²) in [5.74, 6) is 1.37. The zero-order valence-electron chi connectivity index (χ0n) is 18.4. The van der Waals surface area contributed by atoms with Crippen LogP contribution in [0.3, 0.4) is 0 Å². The number of aryl methyl sites for hydroxylation is 1. The summed E-state index contributed by atoms with van der Waals surface area (Å²) in [5.41, 5.74) is 4.51. The van der Waals surface area contributed by atoms with Crippen LogP contribution in [-0.4, -0.2) is 21.1 Å². The van der Waals surface area contributed by atoms with Crippen molar-refractivity contribution < 1.29 is 4.39 Å². The first-order chi connectivity index (χ1) is 14.3. The third kappa shape index (κ3) is 4.25. The average Bonchev–Trinajstić information content (AvgIpc) is 3.05. The van der Waals surface area contributed by atoms with Crippen LogP contribution in [0.25, 0.3) is 16.8 Å². The van der Waals surface area contributed by atoms with Crippen molar-refractivity contribution in [3.63, 3.8) is 0 Å². The number of nitrogens with zero attached hydrogens (tertiary/aromatic N) is 3. The molecule has 1 aliphatic carbocycles. The molecule has 1 unspecified atom stereocenters. The number of benzene rings is 1. The number of nitrogens with one attached hydrogen (secondary N) is 1. The molecule has 0 bridgehead atoms. The van der Waals surface area contributed by atoms with Crippen molar-refractivity contribution in [3.8, 4) is 11.1 Å². The highest BCUT2D eigenvalue weighted by Crippen LogP contribution is 2.32. The Morgan fingerprint density at radius 1 is 1.20 bits per heavy atom. The average molecular weight is 407 g/mol. The quantitative estimate of drug-likeness (QED) is 0.506. The summed E-state index contributed by atoms with van der Waals surface area (Å²) in [6.45, 7) is 9.39. The number of hydrogen-bond donors (Lipinski definition) is 1. The van der Waals surface area contributed by atoms with Gasteiger partial charge in [0.25, 0.3) is 0 Å². The number of aromatic nitrogens is 3. The van der Waals surface area contributed by atoms with Crippen LogP contribution in [-0.2, 0) is 5.41 Å². The second kappa shape index (κ2) is 8.21. The zero-order chi connectivity index (χ0) is 21.3. The van der Waals surface area contributed by atoms with Gasteiger partial charge < -0.3 is 5.32 Å². The van der Waals surface area contributed by atoms with E-state index < -0.39 is 0 Å². The smallest absolute Gasteiger partial charge is 0.165 e. The minimum atomic E-state index is -0.240. The fourth-order valence-electron chi connectivity index (χ4n) is 4.10. The lowest BCUT2D eigenvalue weighted by Crippen LogP contribution is -2.17. The fourth-order valence-corrected chi connectivity index (χ4v) is 4.10. The lowest BCUT2D eigenvalue weighted by molar-refractivity contribution is 0.517. The molecule has 4 nitrogen and oxygen atoms in total. The number of rotatable bonds is 5. The first-order valence-corrected chi connectivity index (χ1v) is 10.9. The van der Waals surface area contributed by atoms with Crippen molar-refractivity contribution in [2.75, 3.05) is 11.9 Å². The monoisotopic (exact) mass is 406 g/mol. The van der Waals surface area contributed by atoms with Gasteiger partial charge in [0, 0.05) is 23.6 Å². The summed E-state index contributed by atoms with van der Waals surface area (Å²) < 4.78 is 15.4. The Bertz CT molecular complexity index is 1060. The fraction of sp³-hybridized carbons (Fsp3) is 0.440. The van der Waals surface area contributed by atoms with E-state index in [4.69, 9.17) is 10.1 Å². The topological polar surface area (TPSA) is 42.2 Å². The van der Waals surface area contributed by atoms with Crippen LogP contribution in [0, 0.1) is 18.7 Å². The van der Waals surface area contributed by atoms with Gasteiger partial charge in [-0.2, -0.15) is 9.61 Å². The highest BCUT2D eigenvalue weighted by molar-refractivity contribution is 5.81. The lowest BCUT2D eigenvalue weighted by Gasteiger charge is -2.21. The number of allylic oxidation sites excluding steroid dienone is 2. The van der Waals surface area contributed by atoms with Crippen LogP contribution in [0.1, 0.15) is 57.8 Å². The van der Waals surface area contributed by atoms with Gasteiger partial charge in [0.1, 0.15) is 11.6 Å². The molecule has 0 aliphatic heterocycles. The molecule has 158 valence electrons. The maximum Gasteiger partial charge on any atom is 0.165 e. The molecule has 2 aromatic heterocycles. The summed E-state index contributed by atoms with van der Waals surface area (Å²) in [6.07, 6.45) is 9.54. The van der Waals surface area contributed by atoms with E-state index >= 15 is 0 Å². The van der Waals surface area contributed by atoms with Crippen molar-refractivity contribution in [2.24, 2.45) is 5.92 Å². The molecule has 30 heavy (non-hydrogen) atoms. The number of fused-ring (bicyclic) bond motifs is 1. The molecular weight excluding hydrogens is 375 g/mol. The van der Waals surface area contributed by atoms with E-state index in [2.05, 4.69) is 44.3 Å². The molecule has 0 fully saturated rings. The normalized spacial score (nSPS) is 16.9. The molecule has 0 amide bonds. The molecule has 0 spiro atoms. The van der Waals surface area contributed by atoms with Gasteiger partial charge in [0.15, 0.2) is 5.65 Å². The van der Waals surface area contributed by atoms with Crippen molar-refractivity contribution in [2.45, 2.75) is 58.8 Å². The summed E-state index contributed by atoms with van der Waals surface area (Å²) in [5, 5.41) is 8.40. The van der Waals surface area contributed by atoms with Crippen LogP contribution in [0.4, 0.5) is 10.2 Å². The first-order valence-electron chi connectivity index (χ1n) is 10.9. The van der Waals surface area contributed by atoms with E-state index in [0.29, 0.717) is 5.92 Å². The molecule has 1 aliphatic rings. The predicted octanol–water partition coefficient (Wildman–Crippen LogP) is 6.30. The Labute approximate surface area is 178 Å². The largest absolute Gasteiger partial charge is 0.370 e. The minimum Gasteiger partial charge on any atom is -0.370 e. The van der Waals surface area contributed by atoms with Crippen molar-refractivity contribution >= 4 is 11.5 Å².